The van der Waals surface area contributed by atoms with Crippen molar-refractivity contribution < 1.29 is 19.1 Å². The van der Waals surface area contributed by atoms with E-state index in [0.29, 0.717) is 37.4 Å². The van der Waals surface area contributed by atoms with Gasteiger partial charge in [-0.25, -0.2) is 4.79 Å². The number of amides is 3. The molecule has 0 bridgehead atoms. The van der Waals surface area contributed by atoms with Gasteiger partial charge in [-0.3, -0.25) is 9.59 Å². The minimum absolute atomic E-state index is 0.0301. The number of likely N-dealkylation sites (tertiary alicyclic amines) is 1. The first-order chi connectivity index (χ1) is 12.6. The molecule has 3 amide bonds. The minimum atomic E-state index is -0.448. The number of ether oxygens (including phenoxy) is 1. The molecule has 1 aromatic carbocycles. The van der Waals surface area contributed by atoms with E-state index >= 15 is 0 Å². The maximum absolute atomic E-state index is 12.9. The Labute approximate surface area is 156 Å². The van der Waals surface area contributed by atoms with Crippen molar-refractivity contribution >= 4 is 35.4 Å². The molecule has 8 heteroatoms. The van der Waals surface area contributed by atoms with E-state index in [1.54, 1.807) is 35.7 Å². The zero-order chi connectivity index (χ0) is 18.5. The van der Waals surface area contributed by atoms with Crippen molar-refractivity contribution in [2.24, 2.45) is 0 Å². The molecule has 1 saturated heterocycles. The van der Waals surface area contributed by atoms with E-state index < -0.39 is 6.09 Å². The molecule has 0 aliphatic carbocycles. The van der Waals surface area contributed by atoms with Gasteiger partial charge in [0.05, 0.1) is 12.3 Å². The lowest BCUT2D eigenvalue weighted by Crippen LogP contribution is -2.49. The maximum Gasteiger partial charge on any atom is 0.407 e. The molecular weight excluding hydrogens is 354 g/mol. The van der Waals surface area contributed by atoms with Crippen molar-refractivity contribution in [2.45, 2.75) is 37.1 Å². The summed E-state index contributed by atoms with van der Waals surface area (Å²) in [6.45, 7) is 3.18. The highest BCUT2D eigenvalue weighted by atomic mass is 32.2. The Kier molecular flexibility index (Phi) is 6.03. The molecule has 1 fully saturated rings. The topological polar surface area (TPSA) is 87.7 Å². The van der Waals surface area contributed by atoms with Crippen molar-refractivity contribution in [1.29, 1.82) is 0 Å². The highest BCUT2D eigenvalue weighted by Gasteiger charge is 2.26. The summed E-state index contributed by atoms with van der Waals surface area (Å²) in [6, 6.07) is 5.32. The van der Waals surface area contributed by atoms with Gasteiger partial charge in [0, 0.05) is 41.8 Å². The highest BCUT2D eigenvalue weighted by Crippen LogP contribution is 2.32. The fraction of sp³-hybridized carbons (Fsp3) is 0.500. The second kappa shape index (κ2) is 8.44. The van der Waals surface area contributed by atoms with Gasteiger partial charge in [-0.1, -0.05) is 0 Å². The molecule has 0 unspecified atom stereocenters. The Hall–Kier alpha value is -2.22. The average Bonchev–Trinajstić information content (AvgIpc) is 2.81. The third-order valence-electron chi connectivity index (χ3n) is 4.39. The van der Waals surface area contributed by atoms with Gasteiger partial charge in [0.25, 0.3) is 5.91 Å². The number of piperidine rings is 1. The summed E-state index contributed by atoms with van der Waals surface area (Å²) in [5, 5.41) is 5.67. The molecule has 1 atom stereocenters. The monoisotopic (exact) mass is 377 g/mol. The molecule has 2 N–H and O–H groups in total. The number of nitrogens with zero attached hydrogens (tertiary/aromatic N) is 1. The summed E-state index contributed by atoms with van der Waals surface area (Å²) >= 11 is 1.61. The van der Waals surface area contributed by atoms with Gasteiger partial charge in [0.15, 0.2) is 0 Å². The number of hydrogen-bond acceptors (Lipinski definition) is 5. The SMILES string of the molecule is CCOC(=O)N[C@@H]1CCCN(C(=O)c2ccc3c(c2)NC(=O)CCS3)C1. The van der Waals surface area contributed by atoms with E-state index in [4.69, 9.17) is 4.74 Å². The van der Waals surface area contributed by atoms with Gasteiger partial charge < -0.3 is 20.3 Å². The Bertz CT molecular complexity index is 710. The van der Waals surface area contributed by atoms with E-state index in [1.165, 1.54) is 0 Å². The third kappa shape index (κ3) is 4.49. The molecule has 1 aromatic rings. The molecule has 3 rings (SSSR count). The Morgan fingerprint density at radius 3 is 3.08 bits per heavy atom. The summed E-state index contributed by atoms with van der Waals surface area (Å²) in [7, 11) is 0. The number of benzene rings is 1. The zero-order valence-corrected chi connectivity index (χ0v) is 15.6. The van der Waals surface area contributed by atoms with Crippen LogP contribution in [0.4, 0.5) is 10.5 Å². The van der Waals surface area contributed by atoms with Gasteiger partial charge in [0.1, 0.15) is 0 Å². The van der Waals surface area contributed by atoms with Crippen LogP contribution in [0, 0.1) is 0 Å². The third-order valence-corrected chi connectivity index (χ3v) is 5.47. The van der Waals surface area contributed by atoms with Crippen LogP contribution >= 0.6 is 11.8 Å². The van der Waals surface area contributed by atoms with Crippen molar-refractivity contribution in [3.05, 3.63) is 23.8 Å². The number of carbonyl (C=O) groups is 3. The van der Waals surface area contributed by atoms with Crippen LogP contribution < -0.4 is 10.6 Å². The van der Waals surface area contributed by atoms with E-state index in [9.17, 15) is 14.4 Å². The molecule has 26 heavy (non-hydrogen) atoms. The fourth-order valence-corrected chi connectivity index (χ4v) is 4.09. The summed E-state index contributed by atoms with van der Waals surface area (Å²) in [6.07, 6.45) is 1.66. The number of fused-ring (bicyclic) bond motifs is 1. The average molecular weight is 377 g/mol. The van der Waals surface area contributed by atoms with Crippen LogP contribution in [0.5, 0.6) is 0 Å². The standard InChI is InChI=1S/C18H23N3O4S/c1-2-25-18(24)19-13-4-3-8-21(11-13)17(23)12-5-6-15-14(10-12)20-16(22)7-9-26-15/h5-6,10,13H,2-4,7-9,11H2,1H3,(H,19,24)(H,20,22)/t13-/m1/s1. The normalized spacial score (nSPS) is 19.8. The van der Waals surface area contributed by atoms with Gasteiger partial charge in [0.2, 0.25) is 5.91 Å². The van der Waals surface area contributed by atoms with E-state index in [1.807, 2.05) is 6.07 Å². The molecule has 2 aliphatic rings. The van der Waals surface area contributed by atoms with Gasteiger partial charge in [-0.2, -0.15) is 0 Å². The molecule has 140 valence electrons. The van der Waals surface area contributed by atoms with E-state index in [-0.39, 0.29) is 17.9 Å². The lowest BCUT2D eigenvalue weighted by atomic mass is 10.0. The van der Waals surface area contributed by atoms with Crippen LogP contribution in [0.1, 0.15) is 36.5 Å². The predicted octanol–water partition coefficient (Wildman–Crippen LogP) is 2.47. The fourth-order valence-electron chi connectivity index (χ4n) is 3.15. The number of carbonyl (C=O) groups excluding carboxylic acids is 3. The molecule has 0 spiro atoms. The smallest absolute Gasteiger partial charge is 0.407 e. The van der Waals surface area contributed by atoms with Crippen LogP contribution in [-0.4, -0.2) is 54.3 Å². The van der Waals surface area contributed by atoms with E-state index in [2.05, 4.69) is 10.6 Å². The summed E-state index contributed by atoms with van der Waals surface area (Å²) < 4.78 is 4.91. The van der Waals surface area contributed by atoms with Gasteiger partial charge in [-0.15, -0.1) is 11.8 Å². The molecule has 0 radical (unpaired) electrons. The molecule has 2 heterocycles. The van der Waals surface area contributed by atoms with Crippen LogP contribution in [0.3, 0.4) is 0 Å². The summed E-state index contributed by atoms with van der Waals surface area (Å²) in [4.78, 5) is 39.0. The van der Waals surface area contributed by atoms with Gasteiger partial charge in [-0.05, 0) is 38.0 Å². The minimum Gasteiger partial charge on any atom is -0.450 e. The lowest BCUT2D eigenvalue weighted by Gasteiger charge is -2.33. The van der Waals surface area contributed by atoms with Crippen LogP contribution in [0.15, 0.2) is 23.1 Å². The highest BCUT2D eigenvalue weighted by molar-refractivity contribution is 7.99. The summed E-state index contributed by atoms with van der Waals surface area (Å²) in [5.41, 5.74) is 1.24. The second-order valence-corrected chi connectivity index (χ2v) is 7.45. The largest absolute Gasteiger partial charge is 0.450 e. The van der Waals surface area contributed by atoms with Crippen molar-refractivity contribution in [1.82, 2.24) is 10.2 Å². The van der Waals surface area contributed by atoms with Crippen LogP contribution in [0.25, 0.3) is 0 Å². The first-order valence-electron chi connectivity index (χ1n) is 8.86. The first-order valence-corrected chi connectivity index (χ1v) is 9.84. The number of rotatable bonds is 3. The number of alkyl carbamates (subject to hydrolysis) is 1. The second-order valence-electron chi connectivity index (χ2n) is 6.31. The Morgan fingerprint density at radius 2 is 2.27 bits per heavy atom. The number of hydrogen-bond donors (Lipinski definition) is 2. The lowest BCUT2D eigenvalue weighted by molar-refractivity contribution is -0.115. The van der Waals surface area contributed by atoms with Gasteiger partial charge >= 0.3 is 6.09 Å². The number of thioether (sulfide) groups is 1. The summed E-state index contributed by atoms with van der Waals surface area (Å²) in [5.74, 6) is 0.614. The molecular formula is C18H23N3O4S. The molecule has 0 saturated carbocycles. The number of anilines is 1. The predicted molar refractivity (Wildman–Crippen MR) is 99.5 cm³/mol. The maximum atomic E-state index is 12.9. The van der Waals surface area contributed by atoms with Crippen molar-refractivity contribution in [2.75, 3.05) is 30.8 Å². The van der Waals surface area contributed by atoms with E-state index in [0.717, 1.165) is 23.5 Å². The van der Waals surface area contributed by atoms with Crippen molar-refractivity contribution in [3.63, 3.8) is 0 Å². The quantitative estimate of drug-likeness (QED) is 0.845. The zero-order valence-electron chi connectivity index (χ0n) is 14.7. The first kappa shape index (κ1) is 18.6. The Balaban J connectivity index is 1.68. The molecule has 2 aliphatic heterocycles. The Morgan fingerprint density at radius 1 is 1.42 bits per heavy atom. The molecule has 7 nitrogen and oxygen atoms in total. The van der Waals surface area contributed by atoms with Crippen LogP contribution in [-0.2, 0) is 9.53 Å². The van der Waals surface area contributed by atoms with Crippen LogP contribution in [0.2, 0.25) is 0 Å². The molecule has 0 aromatic heterocycles. The number of nitrogens with one attached hydrogen (secondary N) is 2. The van der Waals surface area contributed by atoms with Crippen molar-refractivity contribution in [3.8, 4) is 0 Å².